The number of hydrogen-bond donors (Lipinski definition) is 4. The number of anilines is 3. The number of benzene rings is 1. The lowest BCUT2D eigenvalue weighted by Crippen LogP contribution is -2.28. The van der Waals surface area contributed by atoms with Gasteiger partial charge in [0.2, 0.25) is 0 Å². The van der Waals surface area contributed by atoms with Gasteiger partial charge in [0, 0.05) is 24.5 Å². The van der Waals surface area contributed by atoms with Crippen LogP contribution in [-0.2, 0) is 0 Å². The summed E-state index contributed by atoms with van der Waals surface area (Å²) in [5, 5.41) is 17.3. The van der Waals surface area contributed by atoms with Crippen LogP contribution in [0.5, 0.6) is 0 Å². The van der Waals surface area contributed by atoms with Crippen LogP contribution in [0.3, 0.4) is 0 Å². The molecule has 24 heavy (non-hydrogen) atoms. The summed E-state index contributed by atoms with van der Waals surface area (Å²) in [7, 11) is 0. The smallest absolute Gasteiger partial charge is 0.339 e. The summed E-state index contributed by atoms with van der Waals surface area (Å²) in [6.45, 7) is 6.27. The molecule has 4 N–H and O–H groups in total. The first-order valence-electron chi connectivity index (χ1n) is 7.70. The van der Waals surface area contributed by atoms with Gasteiger partial charge in [-0.15, -0.1) is 0 Å². The Morgan fingerprint density at radius 1 is 1.17 bits per heavy atom. The molecule has 0 aliphatic carbocycles. The van der Waals surface area contributed by atoms with Crippen LogP contribution in [0.1, 0.15) is 31.1 Å². The number of aromatic carboxylic acids is 1. The third-order valence-corrected chi connectivity index (χ3v) is 2.77. The fraction of sp³-hybridized carbons (Fsp3) is 0.235. The van der Waals surface area contributed by atoms with Crippen molar-refractivity contribution in [2.75, 3.05) is 17.2 Å². The van der Waals surface area contributed by atoms with Gasteiger partial charge in [-0.25, -0.2) is 14.6 Å². The molecule has 0 fully saturated rings. The Morgan fingerprint density at radius 3 is 2.42 bits per heavy atom. The molecular weight excluding hydrogens is 308 g/mol. The summed E-state index contributed by atoms with van der Waals surface area (Å²) >= 11 is 0. The van der Waals surface area contributed by atoms with Crippen molar-refractivity contribution in [2.24, 2.45) is 0 Å². The second kappa shape index (κ2) is 9.83. The van der Waals surface area contributed by atoms with Crippen molar-refractivity contribution in [3.63, 3.8) is 0 Å². The molecule has 1 aromatic carbocycles. The zero-order valence-corrected chi connectivity index (χ0v) is 14.0. The zero-order valence-electron chi connectivity index (χ0n) is 14.0. The lowest BCUT2D eigenvalue weighted by Gasteiger charge is -2.12. The van der Waals surface area contributed by atoms with E-state index >= 15 is 0 Å². The molecule has 0 radical (unpaired) electrons. The Labute approximate surface area is 141 Å². The molecular formula is C17H22N4O3. The van der Waals surface area contributed by atoms with Crippen LogP contribution < -0.4 is 16.0 Å². The number of carboxylic acids is 1. The van der Waals surface area contributed by atoms with Crippen LogP contribution in [0.25, 0.3) is 0 Å². The standard InChI is InChI=1S/C15H16N4O3.C2H6/c1-2-16-15(22)19-13-8-12(11(9-17-13)14(20)21)18-10-6-4-3-5-7-10;1-2/h3-9H,2H2,1H3,(H,20,21)(H3,16,17,18,19,22);1-2H3. The van der Waals surface area contributed by atoms with E-state index in [2.05, 4.69) is 20.9 Å². The maximum absolute atomic E-state index is 11.5. The van der Waals surface area contributed by atoms with Gasteiger partial charge in [-0.1, -0.05) is 32.0 Å². The summed E-state index contributed by atoms with van der Waals surface area (Å²) in [5.74, 6) is -0.843. The maximum atomic E-state index is 11.5. The number of carbonyl (C=O) groups is 2. The molecule has 1 heterocycles. The van der Waals surface area contributed by atoms with E-state index in [4.69, 9.17) is 0 Å². The molecule has 0 spiro atoms. The lowest BCUT2D eigenvalue weighted by molar-refractivity contribution is 0.0697. The predicted octanol–water partition coefficient (Wildman–Crippen LogP) is 3.69. The fourth-order valence-corrected chi connectivity index (χ4v) is 1.80. The number of urea groups is 1. The highest BCUT2D eigenvalue weighted by atomic mass is 16.4. The Bertz CT molecular complexity index is 675. The van der Waals surface area contributed by atoms with Crippen LogP contribution >= 0.6 is 0 Å². The molecule has 0 saturated carbocycles. The summed E-state index contributed by atoms with van der Waals surface area (Å²) in [6, 6.07) is 10.2. The van der Waals surface area contributed by atoms with Gasteiger partial charge >= 0.3 is 12.0 Å². The highest BCUT2D eigenvalue weighted by Gasteiger charge is 2.13. The molecule has 7 nitrogen and oxygen atoms in total. The van der Waals surface area contributed by atoms with Crippen LogP contribution in [-0.4, -0.2) is 28.6 Å². The third kappa shape index (κ3) is 5.60. The largest absolute Gasteiger partial charge is 0.478 e. The van der Waals surface area contributed by atoms with Crippen molar-refractivity contribution >= 4 is 29.2 Å². The molecule has 2 amide bonds. The summed E-state index contributed by atoms with van der Waals surface area (Å²) in [6.07, 6.45) is 1.20. The van der Waals surface area contributed by atoms with E-state index in [-0.39, 0.29) is 11.4 Å². The topological polar surface area (TPSA) is 103 Å². The van der Waals surface area contributed by atoms with E-state index in [0.29, 0.717) is 12.2 Å². The fourth-order valence-electron chi connectivity index (χ4n) is 1.80. The normalized spacial score (nSPS) is 9.29. The van der Waals surface area contributed by atoms with E-state index < -0.39 is 12.0 Å². The first kappa shape index (κ1) is 19.0. The molecule has 2 rings (SSSR count). The predicted molar refractivity (Wildman–Crippen MR) is 95.0 cm³/mol. The molecule has 2 aromatic rings. The average molecular weight is 330 g/mol. The number of aromatic nitrogens is 1. The Balaban J connectivity index is 0.00000139. The zero-order chi connectivity index (χ0) is 17.9. The Hall–Kier alpha value is -3.09. The molecule has 0 atom stereocenters. The van der Waals surface area contributed by atoms with Crippen molar-refractivity contribution < 1.29 is 14.7 Å². The van der Waals surface area contributed by atoms with Crippen molar-refractivity contribution in [1.82, 2.24) is 10.3 Å². The van der Waals surface area contributed by atoms with E-state index in [1.54, 1.807) is 6.92 Å². The van der Waals surface area contributed by atoms with Gasteiger partial charge in [0.1, 0.15) is 11.4 Å². The van der Waals surface area contributed by atoms with Gasteiger partial charge in [0.15, 0.2) is 0 Å². The minimum absolute atomic E-state index is 0.0188. The van der Waals surface area contributed by atoms with Gasteiger partial charge in [-0.3, -0.25) is 5.32 Å². The molecule has 0 unspecified atom stereocenters. The minimum Gasteiger partial charge on any atom is -0.478 e. The Kier molecular flexibility index (Phi) is 7.77. The van der Waals surface area contributed by atoms with Gasteiger partial charge < -0.3 is 15.7 Å². The number of nitrogens with one attached hydrogen (secondary N) is 3. The van der Waals surface area contributed by atoms with Gasteiger partial charge in [0.25, 0.3) is 0 Å². The molecule has 0 aliphatic rings. The number of hydrogen-bond acceptors (Lipinski definition) is 4. The van der Waals surface area contributed by atoms with Crippen LogP contribution in [0.15, 0.2) is 42.6 Å². The highest BCUT2D eigenvalue weighted by Crippen LogP contribution is 2.23. The number of para-hydroxylation sites is 1. The number of carbonyl (C=O) groups excluding carboxylic acids is 1. The molecule has 128 valence electrons. The van der Waals surface area contributed by atoms with E-state index in [9.17, 15) is 14.7 Å². The van der Waals surface area contributed by atoms with E-state index in [0.717, 1.165) is 5.69 Å². The van der Waals surface area contributed by atoms with Gasteiger partial charge in [-0.2, -0.15) is 0 Å². The minimum atomic E-state index is -1.10. The number of rotatable bonds is 5. The molecule has 0 saturated heterocycles. The average Bonchev–Trinajstić information content (AvgIpc) is 2.58. The number of nitrogens with zero attached hydrogens (tertiary/aromatic N) is 1. The van der Waals surface area contributed by atoms with Crippen LogP contribution in [0, 0.1) is 0 Å². The molecule has 7 heteroatoms. The molecule has 0 bridgehead atoms. The quantitative estimate of drug-likeness (QED) is 0.669. The highest BCUT2D eigenvalue weighted by molar-refractivity contribution is 5.96. The van der Waals surface area contributed by atoms with Gasteiger partial charge in [-0.05, 0) is 19.1 Å². The second-order valence-electron chi connectivity index (χ2n) is 4.40. The summed E-state index contributed by atoms with van der Waals surface area (Å²) < 4.78 is 0. The van der Waals surface area contributed by atoms with Gasteiger partial charge in [0.05, 0.1) is 5.69 Å². The first-order valence-corrected chi connectivity index (χ1v) is 7.70. The van der Waals surface area contributed by atoms with E-state index in [1.807, 2.05) is 44.2 Å². The maximum Gasteiger partial charge on any atom is 0.339 e. The monoisotopic (exact) mass is 330 g/mol. The number of pyridine rings is 1. The van der Waals surface area contributed by atoms with Crippen molar-refractivity contribution in [1.29, 1.82) is 0 Å². The van der Waals surface area contributed by atoms with E-state index in [1.165, 1.54) is 12.3 Å². The first-order chi connectivity index (χ1) is 11.6. The van der Waals surface area contributed by atoms with Crippen molar-refractivity contribution in [3.8, 4) is 0 Å². The third-order valence-electron chi connectivity index (χ3n) is 2.77. The number of amides is 2. The number of carboxylic acid groups (broad SMARTS) is 1. The van der Waals surface area contributed by atoms with Crippen molar-refractivity contribution in [3.05, 3.63) is 48.2 Å². The van der Waals surface area contributed by atoms with Crippen LogP contribution in [0.4, 0.5) is 22.0 Å². The Morgan fingerprint density at radius 2 is 1.83 bits per heavy atom. The molecule has 0 aliphatic heterocycles. The summed E-state index contributed by atoms with van der Waals surface area (Å²) in [5.41, 5.74) is 1.10. The second-order valence-corrected chi connectivity index (χ2v) is 4.40. The lowest BCUT2D eigenvalue weighted by atomic mass is 10.2. The molecule has 1 aromatic heterocycles. The van der Waals surface area contributed by atoms with Crippen molar-refractivity contribution in [2.45, 2.75) is 20.8 Å². The summed E-state index contributed by atoms with van der Waals surface area (Å²) in [4.78, 5) is 26.7. The van der Waals surface area contributed by atoms with Crippen LogP contribution in [0.2, 0.25) is 0 Å². The SMILES string of the molecule is CC.CCNC(=O)Nc1cc(Nc2ccccc2)c(C(=O)O)cn1.